The molecule has 0 radical (unpaired) electrons. The number of carbonyl (C=O) groups excluding carboxylic acids is 1. The van der Waals surface area contributed by atoms with Gasteiger partial charge < -0.3 is 10.6 Å². The second-order valence-corrected chi connectivity index (χ2v) is 4.79. The van der Waals surface area contributed by atoms with Crippen LogP contribution < -0.4 is 10.6 Å². The van der Waals surface area contributed by atoms with Gasteiger partial charge >= 0.3 is 0 Å². The molecule has 2 rings (SSSR count). The van der Waals surface area contributed by atoms with Crippen molar-refractivity contribution in [2.45, 2.75) is 27.2 Å². The second kappa shape index (κ2) is 6.83. The molecule has 0 saturated heterocycles. The van der Waals surface area contributed by atoms with Crippen LogP contribution in [-0.2, 0) is 6.42 Å². The van der Waals surface area contributed by atoms with Gasteiger partial charge in [0.05, 0.1) is 0 Å². The number of rotatable bonds is 5. The molecule has 2 N–H and O–H groups in total. The SMILES string of the molecule is CCNc1cc(C(=O)Nc2ccc(C)cn2)cc(CC)n1. The maximum Gasteiger partial charge on any atom is 0.257 e. The van der Waals surface area contributed by atoms with E-state index in [1.807, 2.05) is 32.9 Å². The third-order valence-electron chi connectivity index (χ3n) is 3.01. The number of nitrogens with zero attached hydrogens (tertiary/aromatic N) is 2. The molecule has 2 heterocycles. The first-order valence-electron chi connectivity index (χ1n) is 7.11. The van der Waals surface area contributed by atoms with Gasteiger partial charge in [0.15, 0.2) is 0 Å². The van der Waals surface area contributed by atoms with E-state index in [-0.39, 0.29) is 5.91 Å². The molecule has 5 heteroatoms. The molecule has 0 fully saturated rings. The Kier molecular flexibility index (Phi) is 4.87. The van der Waals surface area contributed by atoms with Gasteiger partial charge in [-0.05, 0) is 44.0 Å². The molecule has 0 aromatic carbocycles. The standard InChI is InChI=1S/C16H20N4O/c1-4-13-8-12(9-15(19-13)17-5-2)16(21)20-14-7-6-11(3)10-18-14/h6-10H,4-5H2,1-3H3,(H,17,19)(H,18,20,21). The molecule has 110 valence electrons. The minimum atomic E-state index is -0.178. The van der Waals surface area contributed by atoms with Crippen molar-refractivity contribution in [2.75, 3.05) is 17.2 Å². The Morgan fingerprint density at radius 1 is 1.19 bits per heavy atom. The summed E-state index contributed by atoms with van der Waals surface area (Å²) in [7, 11) is 0. The van der Waals surface area contributed by atoms with Gasteiger partial charge in [-0.2, -0.15) is 0 Å². The van der Waals surface area contributed by atoms with E-state index >= 15 is 0 Å². The predicted octanol–water partition coefficient (Wildman–Crippen LogP) is 3.03. The minimum Gasteiger partial charge on any atom is -0.370 e. The summed E-state index contributed by atoms with van der Waals surface area (Å²) < 4.78 is 0. The number of aromatic nitrogens is 2. The Hall–Kier alpha value is -2.43. The van der Waals surface area contributed by atoms with Crippen LogP contribution in [0.5, 0.6) is 0 Å². The van der Waals surface area contributed by atoms with E-state index in [0.29, 0.717) is 11.4 Å². The maximum absolute atomic E-state index is 12.3. The van der Waals surface area contributed by atoms with Crippen molar-refractivity contribution in [3.05, 3.63) is 47.3 Å². The van der Waals surface area contributed by atoms with Crippen LogP contribution in [0.2, 0.25) is 0 Å². The minimum absolute atomic E-state index is 0.178. The average molecular weight is 284 g/mol. The molecule has 1 amide bonds. The molecule has 2 aromatic rings. The van der Waals surface area contributed by atoms with E-state index in [4.69, 9.17) is 0 Å². The maximum atomic E-state index is 12.3. The summed E-state index contributed by atoms with van der Waals surface area (Å²) in [6.07, 6.45) is 2.51. The first-order valence-corrected chi connectivity index (χ1v) is 7.11. The van der Waals surface area contributed by atoms with E-state index in [2.05, 4.69) is 20.6 Å². The van der Waals surface area contributed by atoms with Gasteiger partial charge in [0.2, 0.25) is 0 Å². The number of pyridine rings is 2. The molecule has 21 heavy (non-hydrogen) atoms. The number of hydrogen-bond donors (Lipinski definition) is 2. The summed E-state index contributed by atoms with van der Waals surface area (Å²) in [5.74, 6) is 1.09. The average Bonchev–Trinajstić information content (AvgIpc) is 2.49. The van der Waals surface area contributed by atoms with Gasteiger partial charge in [-0.15, -0.1) is 0 Å². The van der Waals surface area contributed by atoms with Crippen molar-refractivity contribution in [3.63, 3.8) is 0 Å². The fraction of sp³-hybridized carbons (Fsp3) is 0.312. The van der Waals surface area contributed by atoms with Crippen LogP contribution in [0.15, 0.2) is 30.5 Å². The zero-order valence-electron chi connectivity index (χ0n) is 12.6. The molecule has 0 saturated carbocycles. The van der Waals surface area contributed by atoms with Crippen LogP contribution in [0.1, 0.15) is 35.5 Å². The summed E-state index contributed by atoms with van der Waals surface area (Å²) in [6.45, 7) is 6.73. The van der Waals surface area contributed by atoms with Crippen molar-refractivity contribution in [2.24, 2.45) is 0 Å². The van der Waals surface area contributed by atoms with Gasteiger partial charge in [0.1, 0.15) is 11.6 Å². The number of carbonyl (C=O) groups is 1. The largest absolute Gasteiger partial charge is 0.370 e. The van der Waals surface area contributed by atoms with Crippen LogP contribution in [0.4, 0.5) is 11.6 Å². The van der Waals surface area contributed by atoms with Gasteiger partial charge in [-0.1, -0.05) is 13.0 Å². The lowest BCUT2D eigenvalue weighted by atomic mass is 10.2. The van der Waals surface area contributed by atoms with Crippen LogP contribution in [0.3, 0.4) is 0 Å². The molecule has 0 aliphatic carbocycles. The Bertz CT molecular complexity index is 623. The first-order chi connectivity index (χ1) is 10.1. The van der Waals surface area contributed by atoms with Crippen LogP contribution in [-0.4, -0.2) is 22.4 Å². The highest BCUT2D eigenvalue weighted by molar-refractivity contribution is 6.04. The van der Waals surface area contributed by atoms with E-state index in [1.165, 1.54) is 0 Å². The molecule has 0 aliphatic heterocycles. The van der Waals surface area contributed by atoms with E-state index in [0.717, 1.165) is 30.0 Å². The highest BCUT2D eigenvalue weighted by atomic mass is 16.1. The lowest BCUT2D eigenvalue weighted by molar-refractivity contribution is 0.102. The highest BCUT2D eigenvalue weighted by Crippen LogP contribution is 2.13. The molecular formula is C16H20N4O. The monoisotopic (exact) mass is 284 g/mol. The van der Waals surface area contributed by atoms with Gasteiger partial charge in [-0.3, -0.25) is 4.79 Å². The van der Waals surface area contributed by atoms with Gasteiger partial charge in [0, 0.05) is 24.0 Å². The number of aryl methyl sites for hydroxylation is 2. The molecule has 2 aromatic heterocycles. The normalized spacial score (nSPS) is 10.2. The second-order valence-electron chi connectivity index (χ2n) is 4.79. The van der Waals surface area contributed by atoms with Crippen molar-refractivity contribution in [1.82, 2.24) is 9.97 Å². The first kappa shape index (κ1) is 15.0. The Morgan fingerprint density at radius 2 is 2.00 bits per heavy atom. The summed E-state index contributed by atoms with van der Waals surface area (Å²) in [6, 6.07) is 7.27. The fourth-order valence-electron chi connectivity index (χ4n) is 1.90. The fourth-order valence-corrected chi connectivity index (χ4v) is 1.90. The zero-order valence-corrected chi connectivity index (χ0v) is 12.6. The lowest BCUT2D eigenvalue weighted by Crippen LogP contribution is -2.14. The molecule has 0 unspecified atom stereocenters. The summed E-state index contributed by atoms with van der Waals surface area (Å²) >= 11 is 0. The number of nitrogens with one attached hydrogen (secondary N) is 2. The third kappa shape index (κ3) is 4.02. The molecule has 0 bridgehead atoms. The number of amides is 1. The van der Waals surface area contributed by atoms with Crippen LogP contribution in [0.25, 0.3) is 0 Å². The van der Waals surface area contributed by atoms with Crippen molar-refractivity contribution >= 4 is 17.5 Å². The third-order valence-corrected chi connectivity index (χ3v) is 3.01. The quantitative estimate of drug-likeness (QED) is 0.885. The Labute approximate surface area is 124 Å². The topological polar surface area (TPSA) is 66.9 Å². The van der Waals surface area contributed by atoms with Crippen molar-refractivity contribution in [3.8, 4) is 0 Å². The van der Waals surface area contributed by atoms with E-state index < -0.39 is 0 Å². The van der Waals surface area contributed by atoms with Crippen LogP contribution in [0, 0.1) is 6.92 Å². The number of anilines is 2. The number of hydrogen-bond acceptors (Lipinski definition) is 4. The molecular weight excluding hydrogens is 264 g/mol. The van der Waals surface area contributed by atoms with E-state index in [9.17, 15) is 4.79 Å². The predicted molar refractivity (Wildman–Crippen MR) is 84.7 cm³/mol. The van der Waals surface area contributed by atoms with Gasteiger partial charge in [-0.25, -0.2) is 9.97 Å². The molecule has 0 aliphatic rings. The Morgan fingerprint density at radius 3 is 2.62 bits per heavy atom. The van der Waals surface area contributed by atoms with Gasteiger partial charge in [0.25, 0.3) is 5.91 Å². The lowest BCUT2D eigenvalue weighted by Gasteiger charge is -2.09. The highest BCUT2D eigenvalue weighted by Gasteiger charge is 2.10. The van der Waals surface area contributed by atoms with Crippen molar-refractivity contribution in [1.29, 1.82) is 0 Å². The Balaban J connectivity index is 2.21. The van der Waals surface area contributed by atoms with Crippen molar-refractivity contribution < 1.29 is 4.79 Å². The van der Waals surface area contributed by atoms with Crippen LogP contribution >= 0.6 is 0 Å². The summed E-state index contributed by atoms with van der Waals surface area (Å²) in [5.41, 5.74) is 2.52. The zero-order chi connectivity index (χ0) is 15.2. The summed E-state index contributed by atoms with van der Waals surface area (Å²) in [5, 5.41) is 5.94. The molecule has 0 spiro atoms. The molecule has 5 nitrogen and oxygen atoms in total. The smallest absolute Gasteiger partial charge is 0.257 e. The van der Waals surface area contributed by atoms with E-state index in [1.54, 1.807) is 18.3 Å². The molecule has 0 atom stereocenters. The summed E-state index contributed by atoms with van der Waals surface area (Å²) in [4.78, 5) is 20.9.